The molecule has 0 aliphatic heterocycles. The molecule has 2 rings (SSSR count). The Morgan fingerprint density at radius 3 is 2.59 bits per heavy atom. The molecule has 8 heteroatoms. The van der Waals surface area contributed by atoms with Crippen molar-refractivity contribution in [3.8, 4) is 0 Å². The molecule has 1 aromatic heterocycles. The summed E-state index contributed by atoms with van der Waals surface area (Å²) < 4.78 is 32.9. The Balaban J connectivity index is 2.43. The van der Waals surface area contributed by atoms with E-state index in [1.54, 1.807) is 13.1 Å². The predicted octanol–water partition coefficient (Wildman–Crippen LogP) is 0.737. The SMILES string of the molecule is CN(CC(C)(C)CN)S(=O)(=O)c1ccc2c(c1)oc(=O)n2C. The average molecular weight is 327 g/mol. The molecule has 2 aromatic rings. The molecule has 0 spiro atoms. The molecular weight excluding hydrogens is 306 g/mol. The summed E-state index contributed by atoms with van der Waals surface area (Å²) in [4.78, 5) is 11.6. The first-order chi connectivity index (χ1) is 10.1. The minimum absolute atomic E-state index is 0.0877. The molecule has 0 saturated carbocycles. The maximum absolute atomic E-state index is 12.6. The molecule has 0 aliphatic carbocycles. The van der Waals surface area contributed by atoms with Crippen LogP contribution in [0.5, 0.6) is 0 Å². The summed E-state index contributed by atoms with van der Waals surface area (Å²) in [5.74, 6) is -0.526. The molecule has 1 heterocycles. The van der Waals surface area contributed by atoms with Crippen LogP contribution in [0.2, 0.25) is 0 Å². The third kappa shape index (κ3) is 2.94. The summed E-state index contributed by atoms with van der Waals surface area (Å²) in [6, 6.07) is 4.41. The highest BCUT2D eigenvalue weighted by Gasteiger charge is 2.27. The van der Waals surface area contributed by atoms with Gasteiger partial charge in [0.25, 0.3) is 0 Å². The van der Waals surface area contributed by atoms with Crippen molar-refractivity contribution in [1.29, 1.82) is 0 Å². The molecular formula is C14H21N3O4S. The number of aryl methyl sites for hydroxylation is 1. The first kappa shape index (κ1) is 16.7. The van der Waals surface area contributed by atoms with E-state index in [4.69, 9.17) is 10.2 Å². The third-order valence-corrected chi connectivity index (χ3v) is 5.47. The smallest absolute Gasteiger partial charge is 0.408 e. The lowest BCUT2D eigenvalue weighted by Crippen LogP contribution is -2.39. The Labute approximate surface area is 129 Å². The molecule has 0 unspecified atom stereocenters. The van der Waals surface area contributed by atoms with Crippen molar-refractivity contribution in [3.05, 3.63) is 28.7 Å². The van der Waals surface area contributed by atoms with E-state index in [-0.39, 0.29) is 15.9 Å². The zero-order valence-electron chi connectivity index (χ0n) is 13.2. The van der Waals surface area contributed by atoms with Gasteiger partial charge in [0.2, 0.25) is 10.0 Å². The molecule has 0 radical (unpaired) electrons. The van der Waals surface area contributed by atoms with Crippen molar-refractivity contribution in [3.63, 3.8) is 0 Å². The number of aromatic nitrogens is 1. The van der Waals surface area contributed by atoms with Crippen LogP contribution < -0.4 is 11.5 Å². The molecule has 22 heavy (non-hydrogen) atoms. The summed E-state index contributed by atoms with van der Waals surface area (Å²) in [7, 11) is -0.591. The van der Waals surface area contributed by atoms with Gasteiger partial charge in [-0.2, -0.15) is 0 Å². The summed E-state index contributed by atoms with van der Waals surface area (Å²) in [6.45, 7) is 4.47. The highest BCUT2D eigenvalue weighted by atomic mass is 32.2. The van der Waals surface area contributed by atoms with Crippen LogP contribution in [0.25, 0.3) is 11.1 Å². The van der Waals surface area contributed by atoms with Gasteiger partial charge in [-0.05, 0) is 24.1 Å². The Morgan fingerprint density at radius 1 is 1.36 bits per heavy atom. The molecule has 1 aromatic carbocycles. The lowest BCUT2D eigenvalue weighted by atomic mass is 9.94. The van der Waals surface area contributed by atoms with Crippen LogP contribution in [0.3, 0.4) is 0 Å². The van der Waals surface area contributed by atoms with E-state index >= 15 is 0 Å². The van der Waals surface area contributed by atoms with Crippen LogP contribution in [-0.2, 0) is 17.1 Å². The molecule has 7 nitrogen and oxygen atoms in total. The zero-order valence-corrected chi connectivity index (χ0v) is 14.0. The minimum atomic E-state index is -3.67. The highest BCUT2D eigenvalue weighted by Crippen LogP contribution is 2.23. The number of sulfonamides is 1. The van der Waals surface area contributed by atoms with E-state index < -0.39 is 15.8 Å². The van der Waals surface area contributed by atoms with Gasteiger partial charge in [0.15, 0.2) is 5.58 Å². The largest absolute Gasteiger partial charge is 0.419 e. The Morgan fingerprint density at radius 2 is 2.00 bits per heavy atom. The van der Waals surface area contributed by atoms with Crippen LogP contribution in [0.1, 0.15) is 13.8 Å². The van der Waals surface area contributed by atoms with Crippen molar-refractivity contribution < 1.29 is 12.8 Å². The minimum Gasteiger partial charge on any atom is -0.408 e. The van der Waals surface area contributed by atoms with E-state index in [9.17, 15) is 13.2 Å². The molecule has 0 bridgehead atoms. The van der Waals surface area contributed by atoms with Crippen LogP contribution in [0, 0.1) is 5.41 Å². The van der Waals surface area contributed by atoms with Crippen LogP contribution in [0.15, 0.2) is 32.3 Å². The molecule has 2 N–H and O–H groups in total. The first-order valence-electron chi connectivity index (χ1n) is 6.84. The standard InChI is InChI=1S/C14H21N3O4S/c1-14(2,8-15)9-16(3)22(19,20)10-5-6-11-12(7-10)21-13(18)17(11)4/h5-7H,8-9,15H2,1-4H3. The van der Waals surface area contributed by atoms with Crippen molar-refractivity contribution in [2.45, 2.75) is 18.7 Å². The lowest BCUT2D eigenvalue weighted by Gasteiger charge is -2.28. The van der Waals surface area contributed by atoms with Crippen molar-refractivity contribution in [1.82, 2.24) is 8.87 Å². The predicted molar refractivity (Wildman–Crippen MR) is 84.1 cm³/mol. The van der Waals surface area contributed by atoms with E-state index in [1.807, 2.05) is 13.8 Å². The van der Waals surface area contributed by atoms with Gasteiger partial charge < -0.3 is 10.2 Å². The number of rotatable bonds is 5. The number of fused-ring (bicyclic) bond motifs is 1. The average Bonchev–Trinajstić information content (AvgIpc) is 2.73. The first-order valence-corrected chi connectivity index (χ1v) is 8.28. The third-order valence-electron chi connectivity index (χ3n) is 3.68. The van der Waals surface area contributed by atoms with Crippen molar-refractivity contribution in [2.24, 2.45) is 18.2 Å². The summed E-state index contributed by atoms with van der Waals surface area (Å²) >= 11 is 0. The number of nitrogens with two attached hydrogens (primary N) is 1. The molecule has 0 aliphatic rings. The van der Waals surface area contributed by atoms with E-state index in [2.05, 4.69) is 0 Å². The molecule has 0 fully saturated rings. The second-order valence-corrected chi connectivity index (χ2v) is 8.23. The highest BCUT2D eigenvalue weighted by molar-refractivity contribution is 7.89. The zero-order chi connectivity index (χ0) is 16.7. The lowest BCUT2D eigenvalue weighted by molar-refractivity contribution is 0.292. The maximum atomic E-state index is 12.6. The number of nitrogens with zero attached hydrogens (tertiary/aromatic N) is 2. The van der Waals surface area contributed by atoms with Gasteiger partial charge in [0, 0.05) is 26.7 Å². The number of benzene rings is 1. The van der Waals surface area contributed by atoms with Gasteiger partial charge in [-0.15, -0.1) is 0 Å². The summed E-state index contributed by atoms with van der Waals surface area (Å²) in [5, 5.41) is 0. The maximum Gasteiger partial charge on any atom is 0.419 e. The van der Waals surface area contributed by atoms with Gasteiger partial charge in [-0.1, -0.05) is 13.8 Å². The van der Waals surface area contributed by atoms with Crippen molar-refractivity contribution in [2.75, 3.05) is 20.1 Å². The summed E-state index contributed by atoms with van der Waals surface area (Å²) in [6.07, 6.45) is 0. The quantitative estimate of drug-likeness (QED) is 0.873. The van der Waals surface area contributed by atoms with E-state index in [0.717, 1.165) is 0 Å². The molecule has 0 saturated heterocycles. The van der Waals surface area contributed by atoms with Gasteiger partial charge in [-0.3, -0.25) is 4.57 Å². The van der Waals surface area contributed by atoms with E-state index in [0.29, 0.717) is 18.6 Å². The molecule has 0 atom stereocenters. The second kappa shape index (κ2) is 5.53. The second-order valence-electron chi connectivity index (χ2n) is 6.19. The Kier molecular flexibility index (Phi) is 4.20. The topological polar surface area (TPSA) is 98.5 Å². The molecule has 0 amide bonds. The fraction of sp³-hybridized carbons (Fsp3) is 0.500. The normalized spacial score (nSPS) is 13.2. The van der Waals surface area contributed by atoms with Crippen LogP contribution >= 0.6 is 0 Å². The van der Waals surface area contributed by atoms with Gasteiger partial charge in [-0.25, -0.2) is 17.5 Å². The van der Waals surface area contributed by atoms with Crippen molar-refractivity contribution >= 4 is 21.1 Å². The Bertz CT molecular complexity index is 849. The van der Waals surface area contributed by atoms with Crippen LogP contribution in [0.4, 0.5) is 0 Å². The van der Waals surface area contributed by atoms with Gasteiger partial charge >= 0.3 is 5.76 Å². The fourth-order valence-corrected chi connectivity index (χ4v) is 3.58. The van der Waals surface area contributed by atoms with E-state index in [1.165, 1.54) is 28.1 Å². The van der Waals surface area contributed by atoms with Gasteiger partial charge in [0.05, 0.1) is 10.4 Å². The van der Waals surface area contributed by atoms with Gasteiger partial charge in [0.1, 0.15) is 0 Å². The number of hydrogen-bond acceptors (Lipinski definition) is 5. The summed E-state index contributed by atoms with van der Waals surface area (Å²) in [5.41, 5.74) is 6.13. The number of hydrogen-bond donors (Lipinski definition) is 1. The number of oxazole rings is 1. The Hall–Kier alpha value is -1.64. The monoisotopic (exact) mass is 327 g/mol. The van der Waals surface area contributed by atoms with Crippen LogP contribution in [-0.4, -0.2) is 37.4 Å². The fourth-order valence-electron chi connectivity index (χ4n) is 2.21. The molecule has 122 valence electrons.